The average Bonchev–Trinajstić information content (AvgIpc) is 2.69. The Morgan fingerprint density at radius 3 is 2.48 bits per heavy atom. The van der Waals surface area contributed by atoms with Gasteiger partial charge < -0.3 is 10.0 Å². The maximum absolute atomic E-state index is 11.1. The van der Waals surface area contributed by atoms with E-state index in [4.69, 9.17) is 10.1 Å². The topological polar surface area (TPSA) is 52.9 Å². The fourth-order valence-corrected chi connectivity index (χ4v) is 5.88. The number of rotatable bonds is 0. The lowest BCUT2D eigenvalue weighted by Gasteiger charge is -2.39. The highest BCUT2D eigenvalue weighted by molar-refractivity contribution is 14.1. The molecule has 0 aliphatic carbocycles. The minimum absolute atomic E-state index is 0.0674. The molecular formula is C14H13I3N2O2. The number of carbonyl (C=O) groups is 1. The number of fused-ring (bicyclic) bond motifs is 2. The van der Waals surface area contributed by atoms with E-state index >= 15 is 0 Å². The van der Waals surface area contributed by atoms with Crippen molar-refractivity contribution in [2.75, 3.05) is 13.1 Å². The summed E-state index contributed by atoms with van der Waals surface area (Å²) < 4.78 is 3.78. The Morgan fingerprint density at radius 2 is 1.90 bits per heavy atom. The van der Waals surface area contributed by atoms with Gasteiger partial charge in [0.25, 0.3) is 0 Å². The van der Waals surface area contributed by atoms with Crippen molar-refractivity contribution >= 4 is 85.3 Å². The van der Waals surface area contributed by atoms with Gasteiger partial charge in [-0.3, -0.25) is 4.99 Å². The van der Waals surface area contributed by atoms with E-state index in [1.807, 2.05) is 0 Å². The highest BCUT2D eigenvalue weighted by atomic mass is 127. The highest BCUT2D eigenvalue weighted by Crippen LogP contribution is 2.50. The van der Waals surface area contributed by atoms with Crippen LogP contribution in [0.15, 0.2) is 11.1 Å². The molecule has 0 saturated carbocycles. The van der Waals surface area contributed by atoms with E-state index in [0.29, 0.717) is 13.1 Å². The summed E-state index contributed by atoms with van der Waals surface area (Å²) in [5, 5.41) is 9.16. The Balaban J connectivity index is 2.06. The van der Waals surface area contributed by atoms with Crippen molar-refractivity contribution < 1.29 is 9.90 Å². The molecule has 1 aromatic rings. The quantitative estimate of drug-likeness (QED) is 0.340. The van der Waals surface area contributed by atoms with Gasteiger partial charge in [-0.25, -0.2) is 4.79 Å². The van der Waals surface area contributed by atoms with Crippen LogP contribution in [0.4, 0.5) is 10.5 Å². The highest BCUT2D eigenvalue weighted by Gasteiger charge is 2.46. The van der Waals surface area contributed by atoms with Crippen molar-refractivity contribution in [1.29, 1.82) is 0 Å². The molecule has 1 N–H and O–H groups in total. The normalized spacial score (nSPS) is 19.6. The van der Waals surface area contributed by atoms with Crippen LogP contribution in [0.1, 0.15) is 25.3 Å². The molecule has 3 rings (SSSR count). The fraction of sp³-hybridized carbons (Fsp3) is 0.429. The van der Waals surface area contributed by atoms with Crippen LogP contribution in [0.25, 0.3) is 0 Å². The van der Waals surface area contributed by atoms with Gasteiger partial charge in [-0.1, -0.05) is 0 Å². The van der Waals surface area contributed by atoms with Crippen LogP contribution < -0.4 is 0 Å². The van der Waals surface area contributed by atoms with Gasteiger partial charge in [-0.05, 0) is 93.6 Å². The lowest BCUT2D eigenvalue weighted by Crippen LogP contribution is -2.47. The van der Waals surface area contributed by atoms with Crippen molar-refractivity contribution in [3.05, 3.63) is 22.3 Å². The fourth-order valence-electron chi connectivity index (χ4n) is 3.29. The molecule has 1 fully saturated rings. The van der Waals surface area contributed by atoms with E-state index in [2.05, 4.69) is 80.8 Å². The zero-order valence-electron chi connectivity index (χ0n) is 11.3. The molecule has 1 aromatic carbocycles. The van der Waals surface area contributed by atoms with Crippen molar-refractivity contribution in [2.45, 2.75) is 25.2 Å². The standard InChI is InChI=1S/C14H13I3N2O2/c1-7-14(2-4-19(5-3-14)13(20)21)10-9(18-7)6-8(15)11(16)12(10)17/h6H,2-5H2,1H3,(H,20,21). The molecule has 2 aliphatic heterocycles. The van der Waals surface area contributed by atoms with Gasteiger partial charge in [0.1, 0.15) is 0 Å². The Hall–Kier alpha value is 0.350. The van der Waals surface area contributed by atoms with Crippen LogP contribution in [0.5, 0.6) is 0 Å². The van der Waals surface area contributed by atoms with Crippen LogP contribution >= 0.6 is 67.8 Å². The van der Waals surface area contributed by atoms with Crippen LogP contribution in [0.2, 0.25) is 0 Å². The molecule has 1 spiro atoms. The molecule has 0 unspecified atom stereocenters. The molecule has 1 saturated heterocycles. The van der Waals surface area contributed by atoms with E-state index in [1.165, 1.54) is 21.2 Å². The Bertz CT molecular complexity index is 665. The summed E-state index contributed by atoms with van der Waals surface area (Å²) in [4.78, 5) is 17.5. The SMILES string of the molecule is CC1=Nc2cc(I)c(I)c(I)c2C12CCN(C(=O)O)CC2. The number of piperidine rings is 1. The predicted octanol–water partition coefficient (Wildman–Crippen LogP) is 4.62. The summed E-state index contributed by atoms with van der Waals surface area (Å²) in [5.41, 5.74) is 3.46. The molecule has 4 nitrogen and oxygen atoms in total. The Kier molecular flexibility index (Phi) is 4.45. The molecule has 2 aliphatic rings. The minimum atomic E-state index is -0.815. The number of aliphatic imine (C=N–C) groups is 1. The molecule has 112 valence electrons. The molecule has 21 heavy (non-hydrogen) atoms. The van der Waals surface area contributed by atoms with Crippen molar-refractivity contribution in [1.82, 2.24) is 4.90 Å². The summed E-state index contributed by atoms with van der Waals surface area (Å²) in [6, 6.07) is 2.15. The van der Waals surface area contributed by atoms with Crippen LogP contribution in [-0.4, -0.2) is 34.9 Å². The Labute approximate surface area is 164 Å². The van der Waals surface area contributed by atoms with Gasteiger partial charge >= 0.3 is 6.09 Å². The number of halogens is 3. The first-order chi connectivity index (χ1) is 9.86. The van der Waals surface area contributed by atoms with Gasteiger partial charge in [-0.2, -0.15) is 0 Å². The second kappa shape index (κ2) is 5.77. The first-order valence-electron chi connectivity index (χ1n) is 6.58. The minimum Gasteiger partial charge on any atom is -0.465 e. The third kappa shape index (κ3) is 2.50. The Morgan fingerprint density at radius 1 is 1.29 bits per heavy atom. The number of benzene rings is 1. The van der Waals surface area contributed by atoms with E-state index in [-0.39, 0.29) is 5.41 Å². The average molecular weight is 622 g/mol. The van der Waals surface area contributed by atoms with Gasteiger partial charge in [0.15, 0.2) is 0 Å². The van der Waals surface area contributed by atoms with E-state index in [9.17, 15) is 4.79 Å². The summed E-state index contributed by atoms with van der Waals surface area (Å²) in [6.45, 7) is 3.26. The zero-order chi connectivity index (χ0) is 15.4. The number of carboxylic acid groups (broad SMARTS) is 1. The predicted molar refractivity (Wildman–Crippen MR) is 108 cm³/mol. The van der Waals surface area contributed by atoms with Crippen molar-refractivity contribution in [2.24, 2.45) is 4.99 Å². The summed E-state index contributed by atoms with van der Waals surface area (Å²) in [7, 11) is 0. The van der Waals surface area contributed by atoms with E-state index in [0.717, 1.165) is 24.2 Å². The number of nitrogens with zero attached hydrogens (tertiary/aromatic N) is 2. The molecule has 0 radical (unpaired) electrons. The molecule has 0 bridgehead atoms. The number of hydrogen-bond acceptors (Lipinski definition) is 2. The maximum Gasteiger partial charge on any atom is 0.407 e. The largest absolute Gasteiger partial charge is 0.465 e. The second-order valence-corrected chi connectivity index (χ2v) is 8.75. The monoisotopic (exact) mass is 622 g/mol. The lowest BCUT2D eigenvalue weighted by molar-refractivity contribution is 0.127. The molecule has 1 amide bonds. The smallest absolute Gasteiger partial charge is 0.407 e. The maximum atomic E-state index is 11.1. The van der Waals surface area contributed by atoms with Crippen LogP contribution in [0, 0.1) is 10.7 Å². The van der Waals surface area contributed by atoms with Crippen LogP contribution in [0.3, 0.4) is 0 Å². The molecule has 7 heteroatoms. The van der Waals surface area contributed by atoms with Gasteiger partial charge in [0, 0.05) is 40.5 Å². The van der Waals surface area contributed by atoms with E-state index < -0.39 is 6.09 Å². The third-order valence-electron chi connectivity index (χ3n) is 4.49. The number of likely N-dealkylation sites (tertiary alicyclic amines) is 1. The van der Waals surface area contributed by atoms with Gasteiger partial charge in [0.2, 0.25) is 0 Å². The molecular weight excluding hydrogens is 609 g/mol. The van der Waals surface area contributed by atoms with Crippen LogP contribution in [-0.2, 0) is 5.41 Å². The van der Waals surface area contributed by atoms with E-state index in [1.54, 1.807) is 0 Å². The second-order valence-electron chi connectivity index (χ2n) is 5.43. The number of hydrogen-bond donors (Lipinski definition) is 1. The third-order valence-corrected chi connectivity index (χ3v) is 9.60. The summed E-state index contributed by atoms with van der Waals surface area (Å²) >= 11 is 7.17. The van der Waals surface area contributed by atoms with Crippen molar-refractivity contribution in [3.63, 3.8) is 0 Å². The zero-order valence-corrected chi connectivity index (χ0v) is 17.8. The first kappa shape index (κ1) is 16.2. The van der Waals surface area contributed by atoms with Gasteiger partial charge in [-0.15, -0.1) is 0 Å². The molecule has 2 heterocycles. The number of amides is 1. The molecule has 0 atom stereocenters. The molecule has 0 aromatic heterocycles. The summed E-state index contributed by atoms with van der Waals surface area (Å²) in [5.74, 6) is 0. The lowest BCUT2D eigenvalue weighted by atomic mass is 9.71. The van der Waals surface area contributed by atoms with Crippen molar-refractivity contribution in [3.8, 4) is 0 Å². The first-order valence-corrected chi connectivity index (χ1v) is 9.82. The van der Waals surface area contributed by atoms with Gasteiger partial charge in [0.05, 0.1) is 5.69 Å². The summed E-state index contributed by atoms with van der Waals surface area (Å²) in [6.07, 6.45) is 0.840.